The van der Waals surface area contributed by atoms with Crippen LogP contribution in [0.25, 0.3) is 0 Å². The van der Waals surface area contributed by atoms with E-state index in [0.717, 1.165) is 11.3 Å². The van der Waals surface area contributed by atoms with Crippen molar-refractivity contribution in [3.8, 4) is 6.07 Å². The summed E-state index contributed by atoms with van der Waals surface area (Å²) in [6.07, 6.45) is 2.92. The zero-order chi connectivity index (χ0) is 18.5. The first-order chi connectivity index (χ1) is 12.6. The van der Waals surface area contributed by atoms with Crippen LogP contribution in [-0.4, -0.2) is 15.9 Å². The Balaban J connectivity index is 1.71. The Bertz CT molecular complexity index is 990. The first-order valence-corrected chi connectivity index (χ1v) is 8.03. The van der Waals surface area contributed by atoms with Crippen LogP contribution in [0.15, 0.2) is 54.9 Å². The van der Waals surface area contributed by atoms with Gasteiger partial charge in [0, 0.05) is 23.8 Å². The number of aryl methyl sites for hydroxylation is 1. The van der Waals surface area contributed by atoms with Crippen LogP contribution in [0.4, 0.5) is 17.3 Å². The average Bonchev–Trinajstić information content (AvgIpc) is 2.66. The van der Waals surface area contributed by atoms with Gasteiger partial charge in [0.15, 0.2) is 0 Å². The van der Waals surface area contributed by atoms with E-state index in [4.69, 9.17) is 5.26 Å². The van der Waals surface area contributed by atoms with Crippen molar-refractivity contribution in [3.05, 3.63) is 77.1 Å². The Morgan fingerprint density at radius 2 is 1.81 bits per heavy atom. The number of aromatic nitrogens is 2. The summed E-state index contributed by atoms with van der Waals surface area (Å²) in [6.45, 7) is 4.06. The number of anilines is 3. The molecule has 2 N–H and O–H groups in total. The summed E-state index contributed by atoms with van der Waals surface area (Å²) in [5.41, 5.74) is 4.58. The maximum Gasteiger partial charge on any atom is 0.258 e. The summed E-state index contributed by atoms with van der Waals surface area (Å²) in [5.74, 6) is 0.0834. The molecule has 1 amide bonds. The fraction of sp³-hybridized carbons (Fsp3) is 0.100. The van der Waals surface area contributed by atoms with E-state index in [0.29, 0.717) is 22.8 Å². The predicted molar refractivity (Wildman–Crippen MR) is 100 cm³/mol. The molecule has 26 heavy (non-hydrogen) atoms. The number of carbonyl (C=O) groups excluding carboxylic acids is 1. The van der Waals surface area contributed by atoms with Crippen LogP contribution in [0.1, 0.15) is 27.0 Å². The molecule has 0 aliphatic carbocycles. The van der Waals surface area contributed by atoms with Crippen molar-refractivity contribution in [2.45, 2.75) is 13.8 Å². The van der Waals surface area contributed by atoms with Gasteiger partial charge in [-0.15, -0.1) is 0 Å². The molecule has 0 atom stereocenters. The summed E-state index contributed by atoms with van der Waals surface area (Å²) >= 11 is 0. The van der Waals surface area contributed by atoms with Crippen molar-refractivity contribution in [2.24, 2.45) is 0 Å². The Morgan fingerprint density at radius 3 is 2.54 bits per heavy atom. The van der Waals surface area contributed by atoms with Crippen LogP contribution in [0, 0.1) is 25.2 Å². The number of carbonyl (C=O) groups is 1. The SMILES string of the molecule is Cc1cccc(Nc2ncc(C(=O)Nc3cccc(C#N)c3)cn2)c1C. The molecule has 3 rings (SSSR count). The van der Waals surface area contributed by atoms with Gasteiger partial charge >= 0.3 is 0 Å². The lowest BCUT2D eigenvalue weighted by atomic mass is 10.1. The molecule has 0 unspecified atom stereocenters. The Hall–Kier alpha value is -3.72. The second-order valence-corrected chi connectivity index (χ2v) is 5.81. The molecular formula is C20H17N5O. The van der Waals surface area contributed by atoms with Crippen molar-refractivity contribution >= 4 is 23.2 Å². The lowest BCUT2D eigenvalue weighted by Crippen LogP contribution is -2.13. The fourth-order valence-electron chi connectivity index (χ4n) is 2.39. The highest BCUT2D eigenvalue weighted by Crippen LogP contribution is 2.20. The lowest BCUT2D eigenvalue weighted by molar-refractivity contribution is 0.102. The van der Waals surface area contributed by atoms with Crippen molar-refractivity contribution < 1.29 is 4.79 Å². The molecule has 0 aliphatic heterocycles. The molecule has 6 nitrogen and oxygen atoms in total. The maximum atomic E-state index is 12.3. The van der Waals surface area contributed by atoms with Crippen LogP contribution in [0.5, 0.6) is 0 Å². The number of rotatable bonds is 4. The molecule has 1 aromatic heterocycles. The molecule has 0 spiro atoms. The molecular weight excluding hydrogens is 326 g/mol. The zero-order valence-corrected chi connectivity index (χ0v) is 14.4. The number of amides is 1. The van der Waals surface area contributed by atoms with Crippen LogP contribution < -0.4 is 10.6 Å². The Kier molecular flexibility index (Phi) is 4.90. The number of nitriles is 1. The largest absolute Gasteiger partial charge is 0.324 e. The van der Waals surface area contributed by atoms with Crippen molar-refractivity contribution in [2.75, 3.05) is 10.6 Å². The van der Waals surface area contributed by atoms with Gasteiger partial charge in [-0.1, -0.05) is 18.2 Å². The van der Waals surface area contributed by atoms with E-state index in [1.807, 2.05) is 38.1 Å². The van der Waals surface area contributed by atoms with Crippen LogP contribution in [0.2, 0.25) is 0 Å². The molecule has 0 aliphatic rings. The summed E-state index contributed by atoms with van der Waals surface area (Å²) in [4.78, 5) is 20.7. The van der Waals surface area contributed by atoms with Gasteiger partial charge in [-0.3, -0.25) is 4.79 Å². The van der Waals surface area contributed by atoms with E-state index in [1.165, 1.54) is 18.0 Å². The molecule has 0 bridgehead atoms. The summed E-state index contributed by atoms with van der Waals surface area (Å²) in [6, 6.07) is 14.7. The van der Waals surface area contributed by atoms with Gasteiger partial charge in [0.05, 0.1) is 17.2 Å². The van der Waals surface area contributed by atoms with Gasteiger partial charge in [0.2, 0.25) is 5.95 Å². The topological polar surface area (TPSA) is 90.7 Å². The molecule has 0 fully saturated rings. The minimum atomic E-state index is -0.335. The van der Waals surface area contributed by atoms with Gasteiger partial charge < -0.3 is 10.6 Å². The van der Waals surface area contributed by atoms with E-state index in [9.17, 15) is 4.79 Å². The third-order valence-corrected chi connectivity index (χ3v) is 4.01. The second-order valence-electron chi connectivity index (χ2n) is 5.81. The number of benzene rings is 2. The van der Waals surface area contributed by atoms with Crippen molar-refractivity contribution in [1.29, 1.82) is 5.26 Å². The Labute approximate surface area is 151 Å². The summed E-state index contributed by atoms with van der Waals surface area (Å²) in [7, 11) is 0. The lowest BCUT2D eigenvalue weighted by Gasteiger charge is -2.10. The van der Waals surface area contributed by atoms with Crippen LogP contribution >= 0.6 is 0 Å². The highest BCUT2D eigenvalue weighted by atomic mass is 16.1. The standard InChI is InChI=1S/C20H17N5O/c1-13-5-3-8-18(14(13)2)25-20-22-11-16(12-23-20)19(26)24-17-7-4-6-15(9-17)10-21/h3-9,11-12H,1-2H3,(H,24,26)(H,22,23,25). The average molecular weight is 343 g/mol. The molecule has 2 aromatic carbocycles. The zero-order valence-electron chi connectivity index (χ0n) is 14.4. The maximum absolute atomic E-state index is 12.3. The molecule has 6 heteroatoms. The third-order valence-electron chi connectivity index (χ3n) is 4.01. The first kappa shape index (κ1) is 17.1. The van der Waals surface area contributed by atoms with E-state index < -0.39 is 0 Å². The molecule has 0 radical (unpaired) electrons. The summed E-state index contributed by atoms with van der Waals surface area (Å²) < 4.78 is 0. The quantitative estimate of drug-likeness (QED) is 0.748. The highest BCUT2D eigenvalue weighted by molar-refractivity contribution is 6.04. The monoisotopic (exact) mass is 343 g/mol. The van der Waals surface area contributed by atoms with Gasteiger partial charge in [-0.05, 0) is 49.2 Å². The number of hydrogen-bond donors (Lipinski definition) is 2. The first-order valence-electron chi connectivity index (χ1n) is 8.03. The third kappa shape index (κ3) is 3.84. The normalized spacial score (nSPS) is 10.0. The van der Waals surface area contributed by atoms with E-state index in [1.54, 1.807) is 24.3 Å². The van der Waals surface area contributed by atoms with E-state index in [-0.39, 0.29) is 5.91 Å². The van der Waals surface area contributed by atoms with Crippen molar-refractivity contribution in [1.82, 2.24) is 9.97 Å². The van der Waals surface area contributed by atoms with Gasteiger partial charge in [0.25, 0.3) is 5.91 Å². The molecule has 0 saturated heterocycles. The smallest absolute Gasteiger partial charge is 0.258 e. The van der Waals surface area contributed by atoms with Gasteiger partial charge in [0.1, 0.15) is 0 Å². The van der Waals surface area contributed by atoms with Crippen molar-refractivity contribution in [3.63, 3.8) is 0 Å². The second kappa shape index (κ2) is 7.45. The molecule has 3 aromatic rings. The highest BCUT2D eigenvalue weighted by Gasteiger charge is 2.09. The number of nitrogens with zero attached hydrogens (tertiary/aromatic N) is 3. The molecule has 0 saturated carbocycles. The molecule has 1 heterocycles. The minimum absolute atomic E-state index is 0.332. The van der Waals surface area contributed by atoms with Crippen LogP contribution in [-0.2, 0) is 0 Å². The predicted octanol–water partition coefficient (Wildman–Crippen LogP) is 3.96. The Morgan fingerprint density at radius 1 is 1.08 bits per heavy atom. The van der Waals surface area contributed by atoms with Crippen LogP contribution in [0.3, 0.4) is 0 Å². The number of hydrogen-bond acceptors (Lipinski definition) is 5. The molecule has 128 valence electrons. The van der Waals surface area contributed by atoms with Gasteiger partial charge in [-0.25, -0.2) is 9.97 Å². The summed E-state index contributed by atoms with van der Waals surface area (Å²) in [5, 5.41) is 14.8. The fourth-order valence-corrected chi connectivity index (χ4v) is 2.39. The number of nitrogens with one attached hydrogen (secondary N) is 2. The van der Waals surface area contributed by atoms with E-state index in [2.05, 4.69) is 20.6 Å². The van der Waals surface area contributed by atoms with E-state index >= 15 is 0 Å². The minimum Gasteiger partial charge on any atom is -0.324 e. The van der Waals surface area contributed by atoms with Gasteiger partial charge in [-0.2, -0.15) is 5.26 Å².